The van der Waals surface area contributed by atoms with Gasteiger partial charge in [-0.3, -0.25) is 0 Å². The smallest absolute Gasteiger partial charge is 0.0219 e. The molecule has 2 aromatic carbocycles. The number of hydrogen-bond acceptors (Lipinski definition) is 0. The summed E-state index contributed by atoms with van der Waals surface area (Å²) in [4.78, 5) is 0. The van der Waals surface area contributed by atoms with Crippen LogP contribution in [0.25, 0.3) is 6.08 Å². The molecule has 0 bridgehead atoms. The van der Waals surface area contributed by atoms with Crippen LogP contribution in [-0.4, -0.2) is 5.48 Å². The van der Waals surface area contributed by atoms with Gasteiger partial charge in [-0.1, -0.05) is 87.5 Å². The molecule has 0 amide bonds. The zero-order valence-corrected chi connectivity index (χ0v) is 13.7. The van der Waals surface area contributed by atoms with Crippen LogP contribution >= 0.6 is 0 Å². The summed E-state index contributed by atoms with van der Waals surface area (Å²) in [6, 6.07) is 17.2. The van der Waals surface area contributed by atoms with Gasteiger partial charge in [0.05, 0.1) is 0 Å². The molecule has 2 N–H and O–H groups in total. The van der Waals surface area contributed by atoms with Crippen molar-refractivity contribution >= 4 is 6.08 Å². The van der Waals surface area contributed by atoms with Crippen molar-refractivity contribution in [3.8, 4) is 0 Å². The Hall–Kier alpha value is -1.86. The number of aryl methyl sites for hydroxylation is 2. The fourth-order valence-electron chi connectivity index (χ4n) is 1.84. The topological polar surface area (TPSA) is 31.5 Å². The lowest BCUT2D eigenvalue weighted by Gasteiger charge is -2.04. The molecule has 1 nitrogen and oxygen atoms in total. The van der Waals surface area contributed by atoms with Crippen LogP contribution in [0.4, 0.5) is 0 Å². The van der Waals surface area contributed by atoms with Gasteiger partial charge in [0.25, 0.3) is 0 Å². The van der Waals surface area contributed by atoms with Crippen molar-refractivity contribution in [1.82, 2.24) is 0 Å². The average Bonchev–Trinajstić information content (AvgIpc) is 2.49. The highest BCUT2D eigenvalue weighted by Crippen LogP contribution is 2.14. The second-order valence-electron chi connectivity index (χ2n) is 5.36. The Balaban J connectivity index is 0.000000370. The minimum atomic E-state index is 0. The van der Waals surface area contributed by atoms with E-state index in [9.17, 15) is 0 Å². The monoisotopic (exact) mass is 284 g/mol. The van der Waals surface area contributed by atoms with E-state index in [0.29, 0.717) is 5.92 Å². The van der Waals surface area contributed by atoms with Gasteiger partial charge in [-0.25, -0.2) is 0 Å². The first-order chi connectivity index (χ1) is 9.56. The summed E-state index contributed by atoms with van der Waals surface area (Å²) < 4.78 is 0. The molecule has 0 fully saturated rings. The Kier molecular flexibility index (Phi) is 9.07. The number of hydrogen-bond donors (Lipinski definition) is 0. The van der Waals surface area contributed by atoms with Crippen LogP contribution < -0.4 is 0 Å². The Labute approximate surface area is 129 Å². The predicted molar refractivity (Wildman–Crippen MR) is 94.8 cm³/mol. The molecule has 0 aliphatic rings. The van der Waals surface area contributed by atoms with Crippen LogP contribution in [0.3, 0.4) is 0 Å². The summed E-state index contributed by atoms with van der Waals surface area (Å²) in [6.45, 7) is 12.4. The van der Waals surface area contributed by atoms with E-state index in [2.05, 4.69) is 82.8 Å². The van der Waals surface area contributed by atoms with E-state index in [1.807, 2.05) is 6.08 Å². The second-order valence-corrected chi connectivity index (χ2v) is 5.36. The first kappa shape index (κ1) is 19.1. The zero-order chi connectivity index (χ0) is 15.0. The number of benzene rings is 2. The molecule has 0 saturated carbocycles. The Morgan fingerprint density at radius 1 is 0.952 bits per heavy atom. The molecule has 114 valence electrons. The van der Waals surface area contributed by atoms with Crippen molar-refractivity contribution in [2.45, 2.75) is 40.0 Å². The van der Waals surface area contributed by atoms with Gasteiger partial charge in [0, 0.05) is 0 Å². The normalized spacial score (nSPS) is 9.38. The van der Waals surface area contributed by atoms with Crippen molar-refractivity contribution in [3.63, 3.8) is 0 Å². The molecule has 1 heteroatoms. The van der Waals surface area contributed by atoms with Crippen molar-refractivity contribution < 1.29 is 5.48 Å². The van der Waals surface area contributed by atoms with Crippen molar-refractivity contribution in [1.29, 1.82) is 0 Å². The molecule has 0 heterocycles. The van der Waals surface area contributed by atoms with E-state index >= 15 is 0 Å². The highest BCUT2D eigenvalue weighted by atomic mass is 16.0. The third-order valence-corrected chi connectivity index (χ3v) is 3.37. The summed E-state index contributed by atoms with van der Waals surface area (Å²) >= 11 is 0. The van der Waals surface area contributed by atoms with Gasteiger partial charge in [-0.2, -0.15) is 0 Å². The largest absolute Gasteiger partial charge is 0.412 e. The highest BCUT2D eigenvalue weighted by molar-refractivity contribution is 5.47. The maximum atomic E-state index is 3.71. The van der Waals surface area contributed by atoms with Crippen molar-refractivity contribution in [2.75, 3.05) is 0 Å². The van der Waals surface area contributed by atoms with Crippen LogP contribution in [0.2, 0.25) is 0 Å². The van der Waals surface area contributed by atoms with Crippen molar-refractivity contribution in [2.24, 2.45) is 0 Å². The maximum absolute atomic E-state index is 3.71. The molecule has 0 aromatic heterocycles. The van der Waals surface area contributed by atoms with Gasteiger partial charge < -0.3 is 5.48 Å². The maximum Gasteiger partial charge on any atom is -0.0219 e. The minimum absolute atomic E-state index is 0. The van der Waals surface area contributed by atoms with Crippen molar-refractivity contribution in [3.05, 3.63) is 77.4 Å². The first-order valence-corrected chi connectivity index (χ1v) is 7.34. The first-order valence-electron chi connectivity index (χ1n) is 7.34. The van der Waals surface area contributed by atoms with Gasteiger partial charge in [0.1, 0.15) is 0 Å². The summed E-state index contributed by atoms with van der Waals surface area (Å²) in [5.74, 6) is 0.619. The van der Waals surface area contributed by atoms with Gasteiger partial charge in [-0.05, 0) is 36.0 Å². The molecule has 0 unspecified atom stereocenters. The van der Waals surface area contributed by atoms with E-state index in [1.165, 1.54) is 22.3 Å². The molecule has 0 aliphatic heterocycles. The molecule has 0 radical (unpaired) electrons. The molecular weight excluding hydrogens is 256 g/mol. The van der Waals surface area contributed by atoms with E-state index in [1.54, 1.807) is 0 Å². The fourth-order valence-corrected chi connectivity index (χ4v) is 1.84. The van der Waals surface area contributed by atoms with Crippen LogP contribution in [0, 0.1) is 6.92 Å². The molecule has 0 aliphatic carbocycles. The third kappa shape index (κ3) is 6.92. The summed E-state index contributed by atoms with van der Waals surface area (Å²) in [5.41, 5.74) is 5.33. The van der Waals surface area contributed by atoms with E-state index in [0.717, 1.165) is 6.42 Å². The lowest BCUT2D eigenvalue weighted by atomic mass is 10.0. The highest BCUT2D eigenvalue weighted by Gasteiger charge is 1.96. The minimum Gasteiger partial charge on any atom is -0.412 e. The summed E-state index contributed by atoms with van der Waals surface area (Å²) in [6.07, 6.45) is 3.00. The zero-order valence-electron chi connectivity index (χ0n) is 13.7. The van der Waals surface area contributed by atoms with Gasteiger partial charge in [-0.15, -0.1) is 0 Å². The SMILES string of the molecule is C=Cc1ccc(C(C)C)cc1.CCc1ccc(C)cc1.O. The molecule has 21 heavy (non-hydrogen) atoms. The van der Waals surface area contributed by atoms with Crippen LogP contribution in [0.1, 0.15) is 48.9 Å². The lowest BCUT2D eigenvalue weighted by molar-refractivity contribution is 0.824. The quantitative estimate of drug-likeness (QED) is 0.743. The van der Waals surface area contributed by atoms with Gasteiger partial charge >= 0.3 is 0 Å². The molecule has 2 aromatic rings. The summed E-state index contributed by atoms with van der Waals surface area (Å²) in [7, 11) is 0. The van der Waals surface area contributed by atoms with E-state index < -0.39 is 0 Å². The van der Waals surface area contributed by atoms with E-state index in [-0.39, 0.29) is 5.48 Å². The molecule has 2 rings (SSSR count). The van der Waals surface area contributed by atoms with E-state index in [4.69, 9.17) is 0 Å². The Morgan fingerprint density at radius 3 is 1.86 bits per heavy atom. The predicted octanol–water partition coefficient (Wildman–Crippen LogP) is 5.19. The van der Waals surface area contributed by atoms with Gasteiger partial charge in [0.2, 0.25) is 0 Å². The molecule has 0 spiro atoms. The van der Waals surface area contributed by atoms with Crippen LogP contribution in [0.5, 0.6) is 0 Å². The summed E-state index contributed by atoms with van der Waals surface area (Å²) in [5, 5.41) is 0. The molecular formula is C20H28O. The second kappa shape index (κ2) is 9.95. The standard InChI is InChI=1S/C11H14.C9H12.H2O/c1-4-10-5-7-11(8-6-10)9(2)3;1-3-9-6-4-8(2)5-7-9;/h4-9H,1H2,2-3H3;4-7H,3H2,1-2H3;1H2. The molecule has 0 saturated heterocycles. The van der Waals surface area contributed by atoms with Crippen LogP contribution in [-0.2, 0) is 6.42 Å². The van der Waals surface area contributed by atoms with Gasteiger partial charge in [0.15, 0.2) is 0 Å². The number of rotatable bonds is 3. The Bertz CT molecular complexity index is 507. The third-order valence-electron chi connectivity index (χ3n) is 3.37. The van der Waals surface area contributed by atoms with Crippen LogP contribution in [0.15, 0.2) is 55.1 Å². The Morgan fingerprint density at radius 2 is 1.48 bits per heavy atom. The lowest BCUT2D eigenvalue weighted by Crippen LogP contribution is -1.85. The molecule has 0 atom stereocenters. The average molecular weight is 284 g/mol. The fraction of sp³-hybridized carbons (Fsp3) is 0.300.